The number of nitrogens with zero attached hydrogens (tertiary/aromatic N) is 1. The van der Waals surface area contributed by atoms with Crippen molar-refractivity contribution in [3.05, 3.63) is 0 Å². The van der Waals surface area contributed by atoms with Crippen molar-refractivity contribution in [2.24, 2.45) is 5.92 Å². The van der Waals surface area contributed by atoms with Crippen LogP contribution in [0.2, 0.25) is 0 Å². The Labute approximate surface area is 135 Å². The summed E-state index contributed by atoms with van der Waals surface area (Å²) < 4.78 is 14.7. The number of rotatable bonds is 7. The molecular weight excluding hydrogens is 306 g/mol. The average molecular weight is 329 g/mol. The molecule has 2 atom stereocenters. The van der Waals surface area contributed by atoms with Gasteiger partial charge in [-0.05, 0) is 20.3 Å². The highest BCUT2D eigenvalue weighted by molar-refractivity contribution is 6.08. The predicted octanol–water partition coefficient (Wildman–Crippen LogP) is 1.27. The van der Waals surface area contributed by atoms with E-state index in [0.717, 1.165) is 6.42 Å². The van der Waals surface area contributed by atoms with Gasteiger partial charge in [-0.15, -0.1) is 0 Å². The van der Waals surface area contributed by atoms with Gasteiger partial charge in [0.15, 0.2) is 0 Å². The fraction of sp³-hybridized carbons (Fsp3) is 0.733. The van der Waals surface area contributed by atoms with E-state index in [9.17, 15) is 19.2 Å². The summed E-state index contributed by atoms with van der Waals surface area (Å²) in [4.78, 5) is 48.9. The molecule has 23 heavy (non-hydrogen) atoms. The van der Waals surface area contributed by atoms with E-state index < -0.39 is 35.9 Å². The SMILES string of the molecule is CCCCOC(=O)N1C(=O)C(C(=O)OCC)C[C@H]1C(=O)OCC. The lowest BCUT2D eigenvalue weighted by molar-refractivity contribution is -0.153. The lowest BCUT2D eigenvalue weighted by Gasteiger charge is -2.20. The maximum absolute atomic E-state index is 12.3. The molecule has 1 aliphatic rings. The maximum Gasteiger partial charge on any atom is 0.417 e. The number of likely N-dealkylation sites (tertiary alicyclic amines) is 1. The van der Waals surface area contributed by atoms with Gasteiger partial charge in [0.2, 0.25) is 5.91 Å². The van der Waals surface area contributed by atoms with E-state index in [0.29, 0.717) is 11.3 Å². The van der Waals surface area contributed by atoms with E-state index in [1.165, 1.54) is 0 Å². The summed E-state index contributed by atoms with van der Waals surface area (Å²) in [5.74, 6) is -3.47. The number of carbonyl (C=O) groups is 4. The summed E-state index contributed by atoms with van der Waals surface area (Å²) in [6.07, 6.45) is 0.361. The summed E-state index contributed by atoms with van der Waals surface area (Å²) in [6.45, 7) is 5.49. The minimum atomic E-state index is -1.19. The molecule has 0 saturated carbocycles. The summed E-state index contributed by atoms with van der Waals surface area (Å²) in [7, 11) is 0. The zero-order valence-corrected chi connectivity index (χ0v) is 13.7. The minimum Gasteiger partial charge on any atom is -0.465 e. The molecule has 0 aromatic rings. The van der Waals surface area contributed by atoms with Crippen LogP contribution in [0.25, 0.3) is 0 Å². The van der Waals surface area contributed by atoms with Crippen molar-refractivity contribution in [2.45, 2.75) is 46.1 Å². The van der Waals surface area contributed by atoms with Gasteiger partial charge in [-0.25, -0.2) is 14.5 Å². The highest BCUT2D eigenvalue weighted by Gasteiger charge is 2.51. The second-order valence-corrected chi connectivity index (χ2v) is 4.98. The van der Waals surface area contributed by atoms with Crippen molar-refractivity contribution in [3.63, 3.8) is 0 Å². The first-order chi connectivity index (χ1) is 11.0. The molecule has 1 heterocycles. The topological polar surface area (TPSA) is 99.2 Å². The molecule has 1 saturated heterocycles. The molecule has 1 fully saturated rings. The van der Waals surface area contributed by atoms with Crippen LogP contribution in [0.3, 0.4) is 0 Å². The lowest BCUT2D eigenvalue weighted by Crippen LogP contribution is -2.44. The first kappa shape index (κ1) is 18.9. The molecule has 2 amide bonds. The van der Waals surface area contributed by atoms with Gasteiger partial charge in [-0.3, -0.25) is 9.59 Å². The lowest BCUT2D eigenvalue weighted by atomic mass is 10.1. The van der Waals surface area contributed by atoms with Crippen molar-refractivity contribution in [1.82, 2.24) is 4.90 Å². The Morgan fingerprint density at radius 3 is 2.22 bits per heavy atom. The van der Waals surface area contributed by atoms with Gasteiger partial charge < -0.3 is 14.2 Å². The third-order valence-corrected chi connectivity index (χ3v) is 3.36. The second kappa shape index (κ2) is 9.12. The largest absolute Gasteiger partial charge is 0.465 e. The quantitative estimate of drug-likeness (QED) is 0.300. The minimum absolute atomic E-state index is 0.103. The number of esters is 2. The van der Waals surface area contributed by atoms with Crippen molar-refractivity contribution in [2.75, 3.05) is 19.8 Å². The number of hydrogen-bond acceptors (Lipinski definition) is 7. The van der Waals surface area contributed by atoms with Gasteiger partial charge in [0.05, 0.1) is 19.8 Å². The molecule has 1 unspecified atom stereocenters. The second-order valence-electron chi connectivity index (χ2n) is 4.98. The summed E-state index contributed by atoms with van der Waals surface area (Å²) >= 11 is 0. The number of imide groups is 1. The molecule has 0 spiro atoms. The molecule has 0 aromatic carbocycles. The maximum atomic E-state index is 12.3. The van der Waals surface area contributed by atoms with Gasteiger partial charge in [0, 0.05) is 6.42 Å². The highest BCUT2D eigenvalue weighted by Crippen LogP contribution is 2.28. The standard InChI is InChI=1S/C15H23NO7/c1-4-7-8-23-15(20)16-11(14(19)22-6-3)9-10(12(16)17)13(18)21-5-2/h10-11H,4-9H2,1-3H3/t10?,11-/m0/s1. The summed E-state index contributed by atoms with van der Waals surface area (Å²) in [6, 6.07) is -1.16. The Kier molecular flexibility index (Phi) is 7.50. The van der Waals surface area contributed by atoms with Crippen molar-refractivity contribution in [1.29, 1.82) is 0 Å². The van der Waals surface area contributed by atoms with Crippen molar-refractivity contribution >= 4 is 23.9 Å². The van der Waals surface area contributed by atoms with Crippen LogP contribution in [0.1, 0.15) is 40.0 Å². The average Bonchev–Trinajstić information content (AvgIpc) is 2.85. The van der Waals surface area contributed by atoms with E-state index >= 15 is 0 Å². The first-order valence-corrected chi connectivity index (χ1v) is 7.80. The predicted molar refractivity (Wildman–Crippen MR) is 78.3 cm³/mol. The van der Waals surface area contributed by atoms with Crippen LogP contribution in [0.4, 0.5) is 4.79 Å². The fourth-order valence-corrected chi connectivity index (χ4v) is 2.22. The molecule has 130 valence electrons. The monoisotopic (exact) mass is 329 g/mol. The molecule has 8 heteroatoms. The third-order valence-electron chi connectivity index (χ3n) is 3.36. The van der Waals surface area contributed by atoms with E-state index in [1.54, 1.807) is 13.8 Å². The molecule has 8 nitrogen and oxygen atoms in total. The smallest absolute Gasteiger partial charge is 0.417 e. The van der Waals surface area contributed by atoms with E-state index in [-0.39, 0.29) is 26.2 Å². The van der Waals surface area contributed by atoms with Crippen molar-refractivity contribution < 1.29 is 33.4 Å². The Morgan fingerprint density at radius 2 is 1.65 bits per heavy atom. The Balaban J connectivity index is 2.90. The normalized spacial score (nSPS) is 20.3. The van der Waals surface area contributed by atoms with Gasteiger partial charge >= 0.3 is 18.0 Å². The molecule has 0 aromatic heterocycles. The van der Waals surface area contributed by atoms with Gasteiger partial charge in [0.25, 0.3) is 0 Å². The number of hydrogen-bond donors (Lipinski definition) is 0. The van der Waals surface area contributed by atoms with Crippen LogP contribution in [-0.4, -0.2) is 54.7 Å². The van der Waals surface area contributed by atoms with Crippen LogP contribution < -0.4 is 0 Å². The Bertz CT molecular complexity index is 463. The molecule has 1 rings (SSSR count). The van der Waals surface area contributed by atoms with Crippen LogP contribution >= 0.6 is 0 Å². The Hall–Kier alpha value is -2.12. The molecule has 0 N–H and O–H groups in total. The fourth-order valence-electron chi connectivity index (χ4n) is 2.22. The van der Waals surface area contributed by atoms with E-state index in [2.05, 4.69) is 0 Å². The molecule has 0 aliphatic carbocycles. The number of unbranched alkanes of at least 4 members (excludes halogenated alkanes) is 1. The summed E-state index contributed by atoms with van der Waals surface area (Å²) in [5.41, 5.74) is 0. The van der Waals surface area contributed by atoms with Crippen molar-refractivity contribution in [3.8, 4) is 0 Å². The summed E-state index contributed by atoms with van der Waals surface area (Å²) in [5, 5.41) is 0. The number of ether oxygens (including phenoxy) is 3. The number of amides is 2. The van der Waals surface area contributed by atoms with Gasteiger partial charge in [0.1, 0.15) is 12.0 Å². The zero-order chi connectivity index (χ0) is 17.4. The van der Waals surface area contributed by atoms with E-state index in [4.69, 9.17) is 14.2 Å². The third kappa shape index (κ3) is 4.67. The molecule has 1 aliphatic heterocycles. The van der Waals surface area contributed by atoms with E-state index in [1.807, 2.05) is 6.92 Å². The van der Waals surface area contributed by atoms with Gasteiger partial charge in [-0.2, -0.15) is 0 Å². The van der Waals surface area contributed by atoms with Crippen LogP contribution in [-0.2, 0) is 28.6 Å². The number of carbonyl (C=O) groups excluding carboxylic acids is 4. The molecule has 0 bridgehead atoms. The van der Waals surface area contributed by atoms with Gasteiger partial charge in [-0.1, -0.05) is 13.3 Å². The highest BCUT2D eigenvalue weighted by atomic mass is 16.6. The molecule has 0 radical (unpaired) electrons. The van der Waals surface area contributed by atoms with Crippen LogP contribution in [0, 0.1) is 5.92 Å². The zero-order valence-electron chi connectivity index (χ0n) is 13.7. The van der Waals surface area contributed by atoms with Crippen LogP contribution in [0.5, 0.6) is 0 Å². The molecular formula is C15H23NO7. The van der Waals surface area contributed by atoms with Crippen LogP contribution in [0.15, 0.2) is 0 Å². The first-order valence-electron chi connectivity index (χ1n) is 7.80. The Morgan fingerprint density at radius 1 is 1.04 bits per heavy atom.